The minimum absolute atomic E-state index is 1.13. The Hall–Kier alpha value is -5.18. The molecule has 8 rings (SSSR count). The number of hydrogen-bond donors (Lipinski definition) is 0. The van der Waals surface area contributed by atoms with Crippen molar-refractivity contribution >= 4 is 59.3 Å². The largest absolute Gasteiger partial charge is 0.311 e. The molecule has 0 saturated heterocycles. The molecule has 0 bridgehead atoms. The second kappa shape index (κ2) is 10.3. The number of benzene rings is 7. The molecule has 0 atom stereocenters. The van der Waals surface area contributed by atoms with E-state index in [-0.39, 0.29) is 0 Å². The molecule has 0 unspecified atom stereocenters. The minimum atomic E-state index is 1.13. The molecule has 0 aliphatic heterocycles. The maximum absolute atomic E-state index is 2.34. The van der Waals surface area contributed by atoms with Gasteiger partial charge in [-0.05, 0) is 87.6 Å². The van der Waals surface area contributed by atoms with Gasteiger partial charge in [0.1, 0.15) is 0 Å². The molecule has 0 spiro atoms. The summed E-state index contributed by atoms with van der Waals surface area (Å²) in [7, 11) is 0. The normalized spacial score (nSPS) is 11.3. The van der Waals surface area contributed by atoms with E-state index in [4.69, 9.17) is 0 Å². The number of rotatable bonds is 5. The molecule has 0 saturated carbocycles. The van der Waals surface area contributed by atoms with E-state index in [0.717, 1.165) is 17.1 Å². The van der Waals surface area contributed by atoms with Gasteiger partial charge in [0, 0.05) is 37.2 Å². The number of para-hydroxylation sites is 1. The highest BCUT2D eigenvalue weighted by atomic mass is 32.1. The molecule has 0 N–H and O–H groups in total. The van der Waals surface area contributed by atoms with Gasteiger partial charge < -0.3 is 4.90 Å². The summed E-state index contributed by atoms with van der Waals surface area (Å²) in [6.45, 7) is 0. The molecule has 0 fully saturated rings. The summed E-state index contributed by atoms with van der Waals surface area (Å²) in [6, 6.07) is 59.1. The number of fused-ring (bicyclic) bond motifs is 4. The maximum atomic E-state index is 2.34. The van der Waals surface area contributed by atoms with Gasteiger partial charge in [0.05, 0.1) is 0 Å². The summed E-state index contributed by atoms with van der Waals surface area (Å²) in [5, 5.41) is 5.26. The smallest absolute Gasteiger partial charge is 0.0462 e. The first kappa shape index (κ1) is 24.6. The molecular formula is C40H27NS. The summed E-state index contributed by atoms with van der Waals surface area (Å²) >= 11 is 1.88. The van der Waals surface area contributed by atoms with E-state index in [1.54, 1.807) is 0 Å². The van der Waals surface area contributed by atoms with Gasteiger partial charge in [0.15, 0.2) is 0 Å². The zero-order valence-corrected chi connectivity index (χ0v) is 23.8. The van der Waals surface area contributed by atoms with Crippen molar-refractivity contribution in [3.63, 3.8) is 0 Å². The van der Waals surface area contributed by atoms with Gasteiger partial charge in [-0.25, -0.2) is 0 Å². The minimum Gasteiger partial charge on any atom is -0.311 e. The summed E-state index contributed by atoms with van der Waals surface area (Å²) in [5.41, 5.74) is 8.30. The fourth-order valence-corrected chi connectivity index (χ4v) is 7.08. The van der Waals surface area contributed by atoms with Crippen molar-refractivity contribution in [3.05, 3.63) is 164 Å². The molecule has 0 aliphatic rings. The van der Waals surface area contributed by atoms with Gasteiger partial charge >= 0.3 is 0 Å². The van der Waals surface area contributed by atoms with Crippen LogP contribution in [0, 0.1) is 0 Å². The third kappa shape index (κ3) is 4.43. The van der Waals surface area contributed by atoms with Crippen LogP contribution in [-0.4, -0.2) is 0 Å². The molecule has 7 aromatic carbocycles. The Bertz CT molecular complexity index is 2160. The molecule has 198 valence electrons. The van der Waals surface area contributed by atoms with E-state index < -0.39 is 0 Å². The van der Waals surface area contributed by atoms with Crippen LogP contribution in [0.15, 0.2) is 164 Å². The van der Waals surface area contributed by atoms with Crippen LogP contribution in [-0.2, 0) is 0 Å². The highest BCUT2D eigenvalue weighted by Gasteiger charge is 2.14. The molecule has 0 amide bonds. The highest BCUT2D eigenvalue weighted by molar-refractivity contribution is 7.25. The number of nitrogens with zero attached hydrogens (tertiary/aromatic N) is 1. The van der Waals surface area contributed by atoms with E-state index >= 15 is 0 Å². The zero-order chi connectivity index (χ0) is 27.9. The van der Waals surface area contributed by atoms with Crippen LogP contribution in [0.5, 0.6) is 0 Å². The van der Waals surface area contributed by atoms with Crippen molar-refractivity contribution in [2.75, 3.05) is 4.90 Å². The summed E-state index contributed by atoms with van der Waals surface area (Å²) in [4.78, 5) is 2.32. The monoisotopic (exact) mass is 553 g/mol. The fourth-order valence-electron chi connectivity index (χ4n) is 5.90. The Kier molecular flexibility index (Phi) is 6.05. The Morgan fingerprint density at radius 3 is 1.48 bits per heavy atom. The standard InChI is InChI=1S/C40H27NS/c1-3-9-28(10-4-1)29-15-20-35(21-16-29)41(34-13-5-2-6-14-34)36-22-17-30(18-23-36)33-19-24-37-38-25-31-11-7-8-12-32(31)26-40(38)42-39(37)27-33/h1-27H. The van der Waals surface area contributed by atoms with Gasteiger partial charge in [-0.15, -0.1) is 11.3 Å². The van der Waals surface area contributed by atoms with Crippen molar-refractivity contribution in [1.29, 1.82) is 0 Å². The Morgan fingerprint density at radius 2 is 0.810 bits per heavy atom. The Labute approximate surface area is 249 Å². The SMILES string of the molecule is c1ccc(-c2ccc(N(c3ccccc3)c3ccc(-c4ccc5c(c4)sc4cc6ccccc6cc45)cc3)cc2)cc1. The van der Waals surface area contributed by atoms with E-state index in [1.165, 1.54) is 53.2 Å². The molecule has 1 heterocycles. The second-order valence-corrected chi connectivity index (χ2v) is 11.7. The zero-order valence-electron chi connectivity index (χ0n) is 22.9. The predicted octanol–water partition coefficient (Wildman–Crippen LogP) is 12.0. The highest BCUT2D eigenvalue weighted by Crippen LogP contribution is 2.40. The van der Waals surface area contributed by atoms with E-state index in [2.05, 4.69) is 169 Å². The molecular weight excluding hydrogens is 527 g/mol. The van der Waals surface area contributed by atoms with E-state index in [1.807, 2.05) is 11.3 Å². The number of hydrogen-bond acceptors (Lipinski definition) is 2. The molecule has 42 heavy (non-hydrogen) atoms. The Morgan fingerprint density at radius 1 is 0.333 bits per heavy atom. The first-order chi connectivity index (χ1) is 20.8. The Balaban J connectivity index is 1.15. The van der Waals surface area contributed by atoms with Gasteiger partial charge in [0.25, 0.3) is 0 Å². The lowest BCUT2D eigenvalue weighted by Gasteiger charge is -2.26. The molecule has 0 aliphatic carbocycles. The van der Waals surface area contributed by atoms with Crippen LogP contribution in [0.4, 0.5) is 17.1 Å². The van der Waals surface area contributed by atoms with Crippen molar-refractivity contribution in [3.8, 4) is 22.3 Å². The van der Waals surface area contributed by atoms with Crippen LogP contribution < -0.4 is 4.90 Å². The average Bonchev–Trinajstić information content (AvgIpc) is 3.42. The lowest BCUT2D eigenvalue weighted by molar-refractivity contribution is 1.28. The van der Waals surface area contributed by atoms with Crippen LogP contribution in [0.25, 0.3) is 53.2 Å². The van der Waals surface area contributed by atoms with Crippen molar-refractivity contribution < 1.29 is 0 Å². The van der Waals surface area contributed by atoms with Crippen molar-refractivity contribution in [2.45, 2.75) is 0 Å². The van der Waals surface area contributed by atoms with Crippen molar-refractivity contribution in [1.82, 2.24) is 0 Å². The van der Waals surface area contributed by atoms with Crippen LogP contribution >= 0.6 is 11.3 Å². The topological polar surface area (TPSA) is 3.24 Å². The van der Waals surface area contributed by atoms with E-state index in [0.29, 0.717) is 0 Å². The van der Waals surface area contributed by atoms with Crippen LogP contribution in [0.3, 0.4) is 0 Å². The average molecular weight is 554 g/mol. The fraction of sp³-hybridized carbons (Fsp3) is 0. The molecule has 2 heteroatoms. The molecule has 8 aromatic rings. The second-order valence-electron chi connectivity index (χ2n) is 10.6. The molecule has 0 radical (unpaired) electrons. The lowest BCUT2D eigenvalue weighted by atomic mass is 10.0. The molecule has 1 aromatic heterocycles. The third-order valence-electron chi connectivity index (χ3n) is 8.05. The summed E-state index contributed by atoms with van der Waals surface area (Å²) in [6.07, 6.45) is 0. The number of thiophene rings is 1. The van der Waals surface area contributed by atoms with Gasteiger partial charge in [0.2, 0.25) is 0 Å². The first-order valence-electron chi connectivity index (χ1n) is 14.3. The van der Waals surface area contributed by atoms with Gasteiger partial charge in [-0.3, -0.25) is 0 Å². The first-order valence-corrected chi connectivity index (χ1v) is 15.1. The number of anilines is 3. The van der Waals surface area contributed by atoms with Crippen LogP contribution in [0.1, 0.15) is 0 Å². The van der Waals surface area contributed by atoms with Gasteiger partial charge in [-0.2, -0.15) is 0 Å². The third-order valence-corrected chi connectivity index (χ3v) is 9.16. The van der Waals surface area contributed by atoms with Crippen molar-refractivity contribution in [2.24, 2.45) is 0 Å². The maximum Gasteiger partial charge on any atom is 0.0462 e. The lowest BCUT2D eigenvalue weighted by Crippen LogP contribution is -2.09. The summed E-state index contributed by atoms with van der Waals surface area (Å²) in [5.74, 6) is 0. The summed E-state index contributed by atoms with van der Waals surface area (Å²) < 4.78 is 2.67. The van der Waals surface area contributed by atoms with Gasteiger partial charge in [-0.1, -0.05) is 109 Å². The van der Waals surface area contributed by atoms with E-state index in [9.17, 15) is 0 Å². The molecule has 1 nitrogen and oxygen atoms in total. The quantitative estimate of drug-likeness (QED) is 0.205. The predicted molar refractivity (Wildman–Crippen MR) is 182 cm³/mol. The van der Waals surface area contributed by atoms with Crippen LogP contribution in [0.2, 0.25) is 0 Å².